The van der Waals surface area contributed by atoms with Crippen LogP contribution in [-0.2, 0) is 23.8 Å². The van der Waals surface area contributed by atoms with E-state index in [0.29, 0.717) is 12.8 Å². The monoisotopic (exact) mass is 573 g/mol. The molecule has 0 unspecified atom stereocenters. The molecule has 226 valence electrons. The predicted molar refractivity (Wildman–Crippen MR) is 153 cm³/mol. The van der Waals surface area contributed by atoms with Crippen LogP contribution in [0.5, 0.6) is 0 Å². The van der Waals surface area contributed by atoms with E-state index >= 15 is 0 Å². The van der Waals surface area contributed by atoms with Crippen LogP contribution in [0, 0.1) is 18.4 Å². The number of nitrogens with two attached hydrogens (primary N) is 1. The van der Waals surface area contributed by atoms with Crippen LogP contribution in [0.15, 0.2) is 6.33 Å². The number of carbonyl (C=O) groups is 2. The van der Waals surface area contributed by atoms with E-state index in [9.17, 15) is 14.0 Å². The molecule has 0 amide bonds. The van der Waals surface area contributed by atoms with Gasteiger partial charge in [-0.2, -0.15) is 14.4 Å². The van der Waals surface area contributed by atoms with Crippen molar-refractivity contribution >= 4 is 28.9 Å². The Kier molecular flexibility index (Phi) is 12.8. The van der Waals surface area contributed by atoms with Crippen molar-refractivity contribution in [3.05, 3.63) is 12.4 Å². The van der Waals surface area contributed by atoms with Gasteiger partial charge in [-0.25, -0.2) is 4.98 Å². The minimum atomic E-state index is -1.53. The molecular weight excluding hydrogens is 529 g/mol. The fourth-order valence-corrected chi connectivity index (χ4v) is 5.03. The number of imidazole rings is 1. The lowest BCUT2D eigenvalue weighted by molar-refractivity contribution is -0.166. The van der Waals surface area contributed by atoms with E-state index in [4.69, 9.17) is 26.4 Å². The number of rotatable bonds is 18. The Hall–Kier alpha value is -3.26. The molecule has 3 atom stereocenters. The van der Waals surface area contributed by atoms with Crippen LogP contribution >= 0.6 is 0 Å². The predicted octanol–water partition coefficient (Wildman–Crippen LogP) is 5.79. The first-order valence-electron chi connectivity index (χ1n) is 15.0. The van der Waals surface area contributed by atoms with Gasteiger partial charge in [0.1, 0.15) is 18.9 Å². The number of hydrogen-bond donors (Lipinski definition) is 1. The van der Waals surface area contributed by atoms with Crippen molar-refractivity contribution in [1.29, 1.82) is 0 Å². The maximum Gasteiger partial charge on any atom is 0.312 e. The van der Waals surface area contributed by atoms with Gasteiger partial charge in [0.05, 0.1) is 6.33 Å². The zero-order valence-electron chi connectivity index (χ0n) is 24.4. The van der Waals surface area contributed by atoms with Gasteiger partial charge in [0.2, 0.25) is 5.60 Å². The fourth-order valence-electron chi connectivity index (χ4n) is 5.03. The summed E-state index contributed by atoms with van der Waals surface area (Å²) in [6, 6.07) is 0. The van der Waals surface area contributed by atoms with E-state index in [1.165, 1.54) is 49.4 Å². The first-order valence-corrected chi connectivity index (χ1v) is 15.0. The van der Waals surface area contributed by atoms with E-state index in [0.717, 1.165) is 25.7 Å². The summed E-state index contributed by atoms with van der Waals surface area (Å²) in [5, 5.41) is 0. The van der Waals surface area contributed by atoms with Crippen molar-refractivity contribution in [1.82, 2.24) is 19.5 Å². The maximum absolute atomic E-state index is 14.0. The highest BCUT2D eigenvalue weighted by Gasteiger charge is 2.52. The zero-order valence-corrected chi connectivity index (χ0v) is 24.4. The summed E-state index contributed by atoms with van der Waals surface area (Å²) in [6.07, 6.45) is 18.2. The lowest BCUT2D eigenvalue weighted by atomic mass is 9.98. The average molecular weight is 574 g/mol. The first kappa shape index (κ1) is 32.3. The molecule has 0 bridgehead atoms. The second-order valence-electron chi connectivity index (χ2n) is 10.7. The highest BCUT2D eigenvalue weighted by Crippen LogP contribution is 2.40. The van der Waals surface area contributed by atoms with E-state index in [2.05, 4.69) is 27.8 Å². The van der Waals surface area contributed by atoms with Crippen LogP contribution in [0.1, 0.15) is 116 Å². The van der Waals surface area contributed by atoms with Gasteiger partial charge in [-0.1, -0.05) is 84.0 Å². The Labute approximate surface area is 241 Å². The Morgan fingerprint density at radius 1 is 1.05 bits per heavy atom. The SMILES string of the molecule is C#C[C@]1(COC(=O)CCCC)O[C@@H](n2cnc3c(N)nc(F)nc32)C[C@@H]1OC(=O)CCCCCCCCCCCC. The molecule has 2 N–H and O–H groups in total. The number of nitrogens with zero attached hydrogens (tertiary/aromatic N) is 4. The zero-order chi connectivity index (χ0) is 29.7. The van der Waals surface area contributed by atoms with Gasteiger partial charge in [0.25, 0.3) is 0 Å². The quantitative estimate of drug-likeness (QED) is 0.102. The summed E-state index contributed by atoms with van der Waals surface area (Å²) in [4.78, 5) is 36.6. The van der Waals surface area contributed by atoms with E-state index in [1.54, 1.807) is 0 Å². The summed E-state index contributed by atoms with van der Waals surface area (Å²) in [6.45, 7) is 3.89. The minimum absolute atomic E-state index is 0.114. The standard InChI is InChI=1S/C30H44FN5O5/c1-4-7-9-10-11-12-13-14-15-16-18-25(38)40-22-19-23(36-21-33-26-27(32)34-29(31)35-28(26)36)41-30(22,6-3)20-39-24(37)17-8-5-2/h3,21-23H,4-5,7-20H2,1-2H3,(H2,32,34,35)/t22-,23+,30+/m0/s1. The number of aromatic nitrogens is 4. The third-order valence-corrected chi connectivity index (χ3v) is 7.45. The molecule has 2 aromatic rings. The number of ether oxygens (including phenoxy) is 3. The summed E-state index contributed by atoms with van der Waals surface area (Å²) < 4.78 is 32.9. The number of carbonyl (C=O) groups excluding carboxylic acids is 2. The fraction of sp³-hybridized carbons (Fsp3) is 0.700. The molecule has 11 heteroatoms. The Bertz CT molecular complexity index is 1180. The molecule has 3 rings (SSSR count). The van der Waals surface area contributed by atoms with Gasteiger partial charge >= 0.3 is 18.0 Å². The van der Waals surface area contributed by atoms with Crippen molar-refractivity contribution in [2.45, 2.75) is 128 Å². The molecule has 0 radical (unpaired) electrons. The van der Waals surface area contributed by atoms with Gasteiger partial charge < -0.3 is 19.9 Å². The number of fused-ring (bicyclic) bond motifs is 1. The molecule has 10 nitrogen and oxygen atoms in total. The highest BCUT2D eigenvalue weighted by molar-refractivity contribution is 5.81. The van der Waals surface area contributed by atoms with Crippen molar-refractivity contribution in [2.75, 3.05) is 12.3 Å². The molecule has 2 aromatic heterocycles. The summed E-state index contributed by atoms with van der Waals surface area (Å²) >= 11 is 0. The van der Waals surface area contributed by atoms with Gasteiger partial charge in [-0.3, -0.25) is 14.2 Å². The topological polar surface area (TPSA) is 131 Å². The van der Waals surface area contributed by atoms with Crippen molar-refractivity contribution < 1.29 is 28.2 Å². The largest absolute Gasteiger partial charge is 0.461 e. The molecule has 0 aliphatic carbocycles. The Morgan fingerprint density at radius 2 is 1.68 bits per heavy atom. The van der Waals surface area contributed by atoms with Crippen LogP contribution in [0.4, 0.5) is 10.2 Å². The second-order valence-corrected chi connectivity index (χ2v) is 10.7. The smallest absolute Gasteiger partial charge is 0.312 e. The van der Waals surface area contributed by atoms with Crippen molar-refractivity contribution in [3.8, 4) is 12.3 Å². The number of hydrogen-bond acceptors (Lipinski definition) is 9. The van der Waals surface area contributed by atoms with Crippen molar-refractivity contribution in [2.24, 2.45) is 0 Å². The first-order chi connectivity index (χ1) is 19.8. The molecule has 41 heavy (non-hydrogen) atoms. The molecule has 1 saturated heterocycles. The lowest BCUT2D eigenvalue weighted by Crippen LogP contribution is -2.45. The minimum Gasteiger partial charge on any atom is -0.461 e. The summed E-state index contributed by atoms with van der Waals surface area (Å²) in [7, 11) is 0. The molecule has 0 saturated carbocycles. The van der Waals surface area contributed by atoms with Gasteiger partial charge in [-0.05, 0) is 12.8 Å². The van der Waals surface area contributed by atoms with Crippen LogP contribution in [-0.4, -0.2) is 49.8 Å². The number of esters is 2. The molecule has 0 spiro atoms. The number of halogens is 1. The van der Waals surface area contributed by atoms with E-state index in [1.807, 2.05) is 6.92 Å². The molecule has 1 aliphatic rings. The number of terminal acetylenes is 1. The van der Waals surface area contributed by atoms with E-state index < -0.39 is 35.9 Å². The van der Waals surface area contributed by atoms with Crippen LogP contribution < -0.4 is 5.73 Å². The summed E-state index contributed by atoms with van der Waals surface area (Å²) in [5.41, 5.74) is 4.59. The molecule has 0 aromatic carbocycles. The third-order valence-electron chi connectivity index (χ3n) is 7.45. The average Bonchev–Trinajstić information content (AvgIpc) is 3.53. The van der Waals surface area contributed by atoms with Gasteiger partial charge in [0, 0.05) is 19.3 Å². The molecular formula is C30H44FN5O5. The Morgan fingerprint density at radius 3 is 2.34 bits per heavy atom. The van der Waals surface area contributed by atoms with E-state index in [-0.39, 0.29) is 42.9 Å². The number of unbranched alkanes of at least 4 members (excludes halogenated alkanes) is 10. The van der Waals surface area contributed by atoms with Gasteiger partial charge in [-0.15, -0.1) is 6.42 Å². The molecule has 1 fully saturated rings. The van der Waals surface area contributed by atoms with Crippen molar-refractivity contribution in [3.63, 3.8) is 0 Å². The Balaban J connectivity index is 1.62. The van der Waals surface area contributed by atoms with Gasteiger partial charge in [0.15, 0.2) is 17.0 Å². The normalized spacial score (nSPS) is 20.2. The highest BCUT2D eigenvalue weighted by atomic mass is 19.1. The summed E-state index contributed by atoms with van der Waals surface area (Å²) in [5.74, 6) is 1.64. The lowest BCUT2D eigenvalue weighted by Gasteiger charge is -2.28. The number of nitrogen functional groups attached to an aromatic ring is 1. The van der Waals surface area contributed by atoms with Crippen LogP contribution in [0.3, 0.4) is 0 Å². The molecule has 1 aliphatic heterocycles. The second kappa shape index (κ2) is 16.2. The maximum atomic E-state index is 14.0. The third kappa shape index (κ3) is 9.12. The molecule has 3 heterocycles. The van der Waals surface area contributed by atoms with Crippen LogP contribution in [0.25, 0.3) is 11.2 Å². The number of anilines is 1. The van der Waals surface area contributed by atoms with Crippen LogP contribution in [0.2, 0.25) is 0 Å².